The van der Waals surface area contributed by atoms with E-state index < -0.39 is 41.1 Å². The van der Waals surface area contributed by atoms with Crippen LogP contribution in [0.1, 0.15) is 27.1 Å². The highest BCUT2D eigenvalue weighted by Crippen LogP contribution is 2.37. The summed E-state index contributed by atoms with van der Waals surface area (Å²) < 4.78 is 50.4. The zero-order valence-electron chi connectivity index (χ0n) is 14.3. The summed E-state index contributed by atoms with van der Waals surface area (Å²) in [6.07, 6.45) is 1.94. The minimum absolute atomic E-state index is 0.0389. The number of ketones is 2. The van der Waals surface area contributed by atoms with Crippen LogP contribution in [0.2, 0.25) is 10.0 Å². The fourth-order valence-electron chi connectivity index (χ4n) is 3.25. The van der Waals surface area contributed by atoms with Gasteiger partial charge in [0.05, 0.1) is 9.79 Å². The molecule has 6 nitrogen and oxygen atoms in total. The molecule has 0 amide bonds. The molecule has 2 aliphatic heterocycles. The lowest BCUT2D eigenvalue weighted by atomic mass is 10.1. The molecule has 148 valence electrons. The maximum Gasteiger partial charge on any atom is 0.210 e. The number of benzene rings is 2. The number of allylic oxidation sites excluding steroid dienone is 4. The first-order chi connectivity index (χ1) is 13.5. The number of hydrogen-bond acceptors (Lipinski definition) is 6. The number of halogens is 2. The smallest absolute Gasteiger partial charge is 0.210 e. The monoisotopic (exact) mass is 468 g/mol. The van der Waals surface area contributed by atoms with Gasteiger partial charge in [-0.1, -0.05) is 35.4 Å². The van der Waals surface area contributed by atoms with E-state index in [0.29, 0.717) is 0 Å². The molecule has 4 rings (SSSR count). The molecule has 0 spiro atoms. The van der Waals surface area contributed by atoms with Crippen LogP contribution in [0.25, 0.3) is 0 Å². The number of carbonyl (C=O) groups excluding carboxylic acids is 2. The van der Waals surface area contributed by atoms with E-state index in [4.69, 9.17) is 23.2 Å². The van der Waals surface area contributed by atoms with Crippen molar-refractivity contribution >= 4 is 54.4 Å². The van der Waals surface area contributed by atoms with E-state index in [1.54, 1.807) is 0 Å². The van der Waals surface area contributed by atoms with Gasteiger partial charge >= 0.3 is 0 Å². The van der Waals surface area contributed by atoms with Gasteiger partial charge in [0.2, 0.25) is 31.2 Å². The van der Waals surface area contributed by atoms with E-state index in [9.17, 15) is 26.4 Å². The summed E-state index contributed by atoms with van der Waals surface area (Å²) in [5.74, 6) is -1.45. The Hall–Kier alpha value is -2.26. The molecule has 0 bridgehead atoms. The third-order valence-corrected chi connectivity index (χ3v) is 8.79. The maximum absolute atomic E-state index is 12.6. The van der Waals surface area contributed by atoms with Gasteiger partial charge in [0.1, 0.15) is 9.81 Å². The molecule has 0 aromatic heterocycles. The summed E-state index contributed by atoms with van der Waals surface area (Å²) in [4.78, 5) is 23.7. The largest absolute Gasteiger partial charge is 0.288 e. The van der Waals surface area contributed by atoms with Crippen molar-refractivity contribution in [3.05, 3.63) is 79.5 Å². The Balaban J connectivity index is 1.72. The van der Waals surface area contributed by atoms with Gasteiger partial charge in [-0.3, -0.25) is 9.59 Å². The van der Waals surface area contributed by atoms with Crippen LogP contribution in [0, 0.1) is 0 Å². The van der Waals surface area contributed by atoms with Gasteiger partial charge in [-0.05, 0) is 42.8 Å². The van der Waals surface area contributed by atoms with Crippen LogP contribution in [0.3, 0.4) is 0 Å². The lowest BCUT2D eigenvalue weighted by Gasteiger charge is -1.98. The lowest BCUT2D eigenvalue weighted by molar-refractivity contribution is 0.103. The molecule has 2 heterocycles. The summed E-state index contributed by atoms with van der Waals surface area (Å²) >= 11 is 11.7. The van der Waals surface area contributed by atoms with E-state index in [1.165, 1.54) is 36.4 Å². The van der Waals surface area contributed by atoms with Crippen LogP contribution in [0.4, 0.5) is 0 Å². The van der Waals surface area contributed by atoms with Crippen molar-refractivity contribution in [2.24, 2.45) is 0 Å². The summed E-state index contributed by atoms with van der Waals surface area (Å²) in [6, 6.07) is 7.75. The van der Waals surface area contributed by atoms with Gasteiger partial charge in [-0.25, -0.2) is 16.8 Å². The number of hydrogen-bond donors (Lipinski definition) is 0. The number of carbonyl (C=O) groups is 2. The van der Waals surface area contributed by atoms with Gasteiger partial charge < -0.3 is 0 Å². The Labute approximate surface area is 176 Å². The lowest BCUT2D eigenvalue weighted by Crippen LogP contribution is -2.04. The van der Waals surface area contributed by atoms with E-state index in [2.05, 4.69) is 0 Å². The summed E-state index contributed by atoms with van der Waals surface area (Å²) in [7, 11) is -8.08. The summed E-state index contributed by atoms with van der Waals surface area (Å²) in [5, 5.41) is 0.435. The quantitative estimate of drug-likeness (QED) is 0.621. The number of rotatable bonds is 2. The zero-order chi connectivity index (χ0) is 21.1. The molecule has 0 N–H and O–H groups in total. The van der Waals surface area contributed by atoms with Crippen LogP contribution in [0.5, 0.6) is 0 Å². The molecule has 10 heteroatoms. The molecule has 0 fully saturated rings. The Morgan fingerprint density at radius 3 is 1.45 bits per heavy atom. The van der Waals surface area contributed by atoms with Gasteiger partial charge in [0.25, 0.3) is 0 Å². The third kappa shape index (κ3) is 2.98. The molecule has 0 atom stereocenters. The highest BCUT2D eigenvalue weighted by atomic mass is 35.5. The summed E-state index contributed by atoms with van der Waals surface area (Å²) in [6.45, 7) is 0. The second-order valence-electron chi connectivity index (χ2n) is 6.32. The van der Waals surface area contributed by atoms with E-state index in [-0.39, 0.29) is 37.4 Å². The highest BCUT2D eigenvalue weighted by molar-refractivity contribution is 7.97. The Kier molecular flexibility index (Phi) is 4.58. The van der Waals surface area contributed by atoms with Crippen molar-refractivity contribution in [2.45, 2.75) is 16.2 Å². The van der Waals surface area contributed by atoms with Gasteiger partial charge in [0, 0.05) is 21.2 Å². The maximum atomic E-state index is 12.6. The van der Waals surface area contributed by atoms with E-state index in [1.807, 2.05) is 0 Å². The molecule has 29 heavy (non-hydrogen) atoms. The SMILES string of the molecule is O=C1C(=CCC=C2C(=O)c3cc(Cl)ccc3S2(=O)=O)S(=O)(=O)c2ccc(Cl)cc21. The molecule has 0 saturated heterocycles. The second kappa shape index (κ2) is 6.63. The Bertz CT molecular complexity index is 1290. The predicted octanol–water partition coefficient (Wildman–Crippen LogP) is 3.79. The molecule has 0 unspecified atom stereocenters. The molecule has 2 aromatic carbocycles. The first-order valence-electron chi connectivity index (χ1n) is 8.14. The molecule has 0 saturated carbocycles. The number of sulfone groups is 2. The first kappa shape index (κ1) is 20.0. The fourth-order valence-corrected chi connectivity index (χ4v) is 6.79. The average Bonchev–Trinajstić information content (AvgIpc) is 2.95. The predicted molar refractivity (Wildman–Crippen MR) is 107 cm³/mol. The van der Waals surface area contributed by atoms with Crippen molar-refractivity contribution in [3.8, 4) is 0 Å². The van der Waals surface area contributed by atoms with Crippen LogP contribution in [-0.2, 0) is 19.7 Å². The zero-order valence-corrected chi connectivity index (χ0v) is 17.5. The third-order valence-electron chi connectivity index (χ3n) is 4.58. The van der Waals surface area contributed by atoms with Crippen LogP contribution >= 0.6 is 23.2 Å². The average molecular weight is 469 g/mol. The minimum atomic E-state index is -4.04. The van der Waals surface area contributed by atoms with Crippen LogP contribution < -0.4 is 0 Å². The number of fused-ring (bicyclic) bond motifs is 2. The number of Topliss-reactive ketones (excluding diaryl/α,β-unsaturated/α-hetero) is 2. The molecule has 2 aromatic rings. The van der Waals surface area contributed by atoms with Crippen molar-refractivity contribution < 1.29 is 26.4 Å². The molecular weight excluding hydrogens is 459 g/mol. The van der Waals surface area contributed by atoms with Crippen molar-refractivity contribution in [2.75, 3.05) is 0 Å². The highest BCUT2D eigenvalue weighted by Gasteiger charge is 2.40. The van der Waals surface area contributed by atoms with Crippen molar-refractivity contribution in [1.29, 1.82) is 0 Å². The molecule has 2 aliphatic rings. The standard InChI is InChI=1S/C19H10Cl2O6S2/c20-10-4-6-14-12(8-10)18(22)16(28(14,24)25)2-1-3-17-19(23)13-9-11(21)5-7-15(13)29(17,26)27/h2-9H,1H2. The van der Waals surface area contributed by atoms with Crippen LogP contribution in [-0.4, -0.2) is 28.4 Å². The van der Waals surface area contributed by atoms with Gasteiger partial charge in [0.15, 0.2) is 0 Å². The van der Waals surface area contributed by atoms with Gasteiger partial charge in [-0.15, -0.1) is 0 Å². The Morgan fingerprint density at radius 2 is 1.07 bits per heavy atom. The molecule has 0 aliphatic carbocycles. The topological polar surface area (TPSA) is 102 Å². The second-order valence-corrected chi connectivity index (χ2v) is 11.0. The first-order valence-corrected chi connectivity index (χ1v) is 11.9. The Morgan fingerprint density at radius 1 is 0.690 bits per heavy atom. The van der Waals surface area contributed by atoms with E-state index >= 15 is 0 Å². The van der Waals surface area contributed by atoms with Gasteiger partial charge in [-0.2, -0.15) is 0 Å². The fraction of sp³-hybridized carbons (Fsp3) is 0.0526. The molecule has 0 radical (unpaired) electrons. The van der Waals surface area contributed by atoms with Crippen LogP contribution in [0.15, 0.2) is 68.2 Å². The summed E-state index contributed by atoms with van der Waals surface area (Å²) in [5.41, 5.74) is -0.0778. The normalized spacial score (nSPS) is 21.6. The van der Waals surface area contributed by atoms with Crippen molar-refractivity contribution in [1.82, 2.24) is 0 Å². The molecular formula is C19H10Cl2O6S2. The minimum Gasteiger partial charge on any atom is -0.288 e. The van der Waals surface area contributed by atoms with E-state index in [0.717, 1.165) is 12.2 Å². The van der Waals surface area contributed by atoms with Crippen molar-refractivity contribution in [3.63, 3.8) is 0 Å².